The number of hydrogen-bond donors (Lipinski definition) is 1. The van der Waals surface area contributed by atoms with Crippen molar-refractivity contribution < 1.29 is 23.8 Å². The summed E-state index contributed by atoms with van der Waals surface area (Å²) in [7, 11) is 0. The van der Waals surface area contributed by atoms with Crippen molar-refractivity contribution in [3.05, 3.63) is 65.2 Å². The van der Waals surface area contributed by atoms with Crippen LogP contribution in [0.25, 0.3) is 0 Å². The molecule has 7 heteroatoms. The molecule has 0 spiro atoms. The fourth-order valence-electron chi connectivity index (χ4n) is 2.94. The minimum atomic E-state index is -1.15. The van der Waals surface area contributed by atoms with Crippen molar-refractivity contribution in [2.24, 2.45) is 0 Å². The van der Waals surface area contributed by atoms with Crippen LogP contribution in [0.4, 0.5) is 4.39 Å². The Balaban J connectivity index is 1.80. The third kappa shape index (κ3) is 4.43. The number of benzene rings is 1. The first kappa shape index (κ1) is 18.0. The Morgan fingerprint density at radius 2 is 2.15 bits per heavy atom. The van der Waals surface area contributed by atoms with Gasteiger partial charge in [0, 0.05) is 25.9 Å². The van der Waals surface area contributed by atoms with E-state index in [1.54, 1.807) is 17.0 Å². The lowest BCUT2D eigenvalue weighted by atomic mass is 10.1. The van der Waals surface area contributed by atoms with Crippen molar-refractivity contribution >= 4 is 11.9 Å². The van der Waals surface area contributed by atoms with Crippen molar-refractivity contribution in [1.29, 1.82) is 0 Å². The standard InChI is InChI=1S/C19H19FN2O4/c20-15-4-1-3-13(9-15)11-22(12-16-5-2-8-26-16)18(23)14-6-7-17(19(24)25)21-10-14/h1,3-4,6-7,9-10,16H,2,5,8,11-12H2,(H,24,25). The molecule has 1 aliphatic heterocycles. The normalized spacial score (nSPS) is 16.4. The monoisotopic (exact) mass is 358 g/mol. The highest BCUT2D eigenvalue weighted by Crippen LogP contribution is 2.18. The fourth-order valence-corrected chi connectivity index (χ4v) is 2.94. The van der Waals surface area contributed by atoms with Crippen LogP contribution in [0.1, 0.15) is 39.3 Å². The van der Waals surface area contributed by atoms with Crippen LogP contribution in [-0.4, -0.2) is 46.1 Å². The van der Waals surface area contributed by atoms with Gasteiger partial charge in [0.25, 0.3) is 5.91 Å². The van der Waals surface area contributed by atoms with Crippen LogP contribution in [-0.2, 0) is 11.3 Å². The largest absolute Gasteiger partial charge is 0.477 e. The molecular weight excluding hydrogens is 339 g/mol. The SMILES string of the molecule is O=C(O)c1ccc(C(=O)N(Cc2cccc(F)c2)CC2CCCO2)cn1. The maximum Gasteiger partial charge on any atom is 0.354 e. The second-order valence-electron chi connectivity index (χ2n) is 6.19. The number of halogens is 1. The number of carbonyl (C=O) groups is 2. The fraction of sp³-hybridized carbons (Fsp3) is 0.316. The molecule has 2 aromatic rings. The van der Waals surface area contributed by atoms with E-state index >= 15 is 0 Å². The average molecular weight is 358 g/mol. The number of rotatable bonds is 6. The summed E-state index contributed by atoms with van der Waals surface area (Å²) >= 11 is 0. The van der Waals surface area contributed by atoms with Gasteiger partial charge >= 0.3 is 5.97 Å². The zero-order valence-corrected chi connectivity index (χ0v) is 14.1. The zero-order valence-electron chi connectivity index (χ0n) is 14.1. The minimum Gasteiger partial charge on any atom is -0.477 e. The molecule has 0 radical (unpaired) electrons. The third-order valence-corrected chi connectivity index (χ3v) is 4.23. The van der Waals surface area contributed by atoms with Gasteiger partial charge in [-0.15, -0.1) is 0 Å². The van der Waals surface area contributed by atoms with Crippen molar-refractivity contribution in [3.63, 3.8) is 0 Å². The van der Waals surface area contributed by atoms with E-state index in [1.807, 2.05) is 0 Å². The van der Waals surface area contributed by atoms with Gasteiger partial charge in [0.05, 0.1) is 11.7 Å². The Labute approximate surface area is 150 Å². The van der Waals surface area contributed by atoms with Gasteiger partial charge in [-0.3, -0.25) is 4.79 Å². The van der Waals surface area contributed by atoms with Crippen LogP contribution in [0.2, 0.25) is 0 Å². The van der Waals surface area contributed by atoms with Crippen molar-refractivity contribution in [2.45, 2.75) is 25.5 Å². The molecule has 0 saturated carbocycles. The van der Waals surface area contributed by atoms with Gasteiger partial charge in [-0.05, 0) is 42.7 Å². The molecule has 1 N–H and O–H groups in total. The van der Waals surface area contributed by atoms with E-state index in [9.17, 15) is 14.0 Å². The highest BCUT2D eigenvalue weighted by molar-refractivity contribution is 5.94. The number of carbonyl (C=O) groups excluding carboxylic acids is 1. The van der Waals surface area contributed by atoms with E-state index < -0.39 is 5.97 Å². The number of aromatic carboxylic acids is 1. The summed E-state index contributed by atoms with van der Waals surface area (Å²) in [4.78, 5) is 29.2. The first-order valence-electron chi connectivity index (χ1n) is 8.37. The number of aromatic nitrogens is 1. The molecule has 0 aliphatic carbocycles. The zero-order chi connectivity index (χ0) is 18.5. The Kier molecular flexibility index (Phi) is 5.58. The minimum absolute atomic E-state index is 0.0567. The first-order chi connectivity index (χ1) is 12.5. The molecule has 1 aromatic carbocycles. The molecule has 1 atom stereocenters. The number of nitrogens with zero attached hydrogens (tertiary/aromatic N) is 2. The Hall–Kier alpha value is -2.80. The Morgan fingerprint density at radius 1 is 1.31 bits per heavy atom. The molecule has 1 aliphatic rings. The summed E-state index contributed by atoms with van der Waals surface area (Å²) in [5, 5.41) is 8.92. The highest BCUT2D eigenvalue weighted by Gasteiger charge is 2.24. The van der Waals surface area contributed by atoms with Crippen LogP contribution in [0, 0.1) is 5.82 Å². The lowest BCUT2D eigenvalue weighted by Gasteiger charge is -2.25. The predicted molar refractivity (Wildman–Crippen MR) is 91.3 cm³/mol. The molecule has 0 bridgehead atoms. The first-order valence-corrected chi connectivity index (χ1v) is 8.37. The van der Waals surface area contributed by atoms with E-state index in [2.05, 4.69) is 4.98 Å². The molecule has 26 heavy (non-hydrogen) atoms. The van der Waals surface area contributed by atoms with Crippen molar-refractivity contribution in [3.8, 4) is 0 Å². The molecule has 1 unspecified atom stereocenters. The molecule has 1 amide bonds. The average Bonchev–Trinajstić information content (AvgIpc) is 3.14. The lowest BCUT2D eigenvalue weighted by Crippen LogP contribution is -2.37. The molecule has 1 saturated heterocycles. The summed E-state index contributed by atoms with van der Waals surface area (Å²) in [6, 6.07) is 8.83. The molecule has 1 aromatic heterocycles. The summed E-state index contributed by atoms with van der Waals surface area (Å²) in [6.07, 6.45) is 3.00. The Bertz CT molecular complexity index is 788. The van der Waals surface area contributed by atoms with Crippen LogP contribution in [0.15, 0.2) is 42.6 Å². The molecular formula is C19H19FN2O4. The number of pyridine rings is 1. The summed E-state index contributed by atoms with van der Waals surface area (Å²) in [6.45, 7) is 1.29. The van der Waals surface area contributed by atoms with E-state index in [0.717, 1.165) is 12.8 Å². The van der Waals surface area contributed by atoms with Crippen molar-refractivity contribution in [1.82, 2.24) is 9.88 Å². The van der Waals surface area contributed by atoms with Crippen LogP contribution < -0.4 is 0 Å². The second-order valence-corrected chi connectivity index (χ2v) is 6.19. The number of amides is 1. The van der Waals surface area contributed by atoms with Gasteiger partial charge in [0.1, 0.15) is 11.5 Å². The van der Waals surface area contributed by atoms with Crippen LogP contribution >= 0.6 is 0 Å². The number of ether oxygens (including phenoxy) is 1. The summed E-state index contributed by atoms with van der Waals surface area (Å²) < 4.78 is 19.1. The smallest absolute Gasteiger partial charge is 0.354 e. The van der Waals surface area contributed by atoms with E-state index in [-0.39, 0.29) is 35.6 Å². The quantitative estimate of drug-likeness (QED) is 0.859. The Morgan fingerprint density at radius 3 is 2.77 bits per heavy atom. The van der Waals surface area contributed by atoms with Gasteiger partial charge in [0.15, 0.2) is 0 Å². The number of carboxylic acids is 1. The van der Waals surface area contributed by atoms with Gasteiger partial charge in [-0.1, -0.05) is 12.1 Å². The number of hydrogen-bond acceptors (Lipinski definition) is 4. The van der Waals surface area contributed by atoms with E-state index in [4.69, 9.17) is 9.84 Å². The van der Waals surface area contributed by atoms with Gasteiger partial charge in [0.2, 0.25) is 0 Å². The lowest BCUT2D eigenvalue weighted by molar-refractivity contribution is 0.0506. The molecule has 2 heterocycles. The molecule has 6 nitrogen and oxygen atoms in total. The van der Waals surface area contributed by atoms with Gasteiger partial charge in [-0.25, -0.2) is 14.2 Å². The molecule has 3 rings (SSSR count). The van der Waals surface area contributed by atoms with Crippen LogP contribution in [0.3, 0.4) is 0 Å². The number of carboxylic acid groups (broad SMARTS) is 1. The maximum absolute atomic E-state index is 13.5. The second kappa shape index (κ2) is 8.05. The van der Waals surface area contributed by atoms with Gasteiger partial charge in [-0.2, -0.15) is 0 Å². The van der Waals surface area contributed by atoms with E-state index in [1.165, 1.54) is 30.5 Å². The highest BCUT2D eigenvalue weighted by atomic mass is 19.1. The van der Waals surface area contributed by atoms with E-state index in [0.29, 0.717) is 18.7 Å². The summed E-state index contributed by atoms with van der Waals surface area (Å²) in [5.74, 6) is -1.81. The maximum atomic E-state index is 13.5. The third-order valence-electron chi connectivity index (χ3n) is 4.23. The molecule has 136 valence electrons. The predicted octanol–water partition coefficient (Wildman–Crippen LogP) is 2.74. The molecule has 1 fully saturated rings. The van der Waals surface area contributed by atoms with Crippen molar-refractivity contribution in [2.75, 3.05) is 13.2 Å². The van der Waals surface area contributed by atoms with Gasteiger partial charge < -0.3 is 14.7 Å². The van der Waals surface area contributed by atoms with Crippen LogP contribution in [0.5, 0.6) is 0 Å². The summed E-state index contributed by atoms with van der Waals surface area (Å²) in [5.41, 5.74) is 0.827. The topological polar surface area (TPSA) is 79.7 Å².